The van der Waals surface area contributed by atoms with Crippen LogP contribution in [0.5, 0.6) is 5.75 Å². The number of aromatic nitrogens is 3. The van der Waals surface area contributed by atoms with Crippen LogP contribution in [0, 0.1) is 0 Å². The Hall–Kier alpha value is -3.97. The molecule has 1 aliphatic heterocycles. The second-order valence-electron chi connectivity index (χ2n) is 9.14. The fourth-order valence-corrected chi connectivity index (χ4v) is 4.67. The van der Waals surface area contributed by atoms with Crippen molar-refractivity contribution in [1.29, 1.82) is 0 Å². The van der Waals surface area contributed by atoms with Crippen molar-refractivity contribution in [2.45, 2.75) is 32.5 Å². The number of hydrogen-bond donors (Lipinski definition) is 1. The van der Waals surface area contributed by atoms with Crippen LogP contribution < -0.4 is 10.1 Å². The highest BCUT2D eigenvalue weighted by Gasteiger charge is 2.23. The summed E-state index contributed by atoms with van der Waals surface area (Å²) in [4.78, 5) is 15.2. The van der Waals surface area contributed by atoms with Crippen LogP contribution in [0.2, 0.25) is 0 Å². The minimum atomic E-state index is -0.262. The number of carbonyl (C=O) groups is 1. The first-order valence-corrected chi connectivity index (χ1v) is 12.3. The fourth-order valence-electron chi connectivity index (χ4n) is 4.67. The van der Waals surface area contributed by atoms with E-state index in [2.05, 4.69) is 73.5 Å². The Morgan fingerprint density at radius 2 is 1.72 bits per heavy atom. The Morgan fingerprint density at radius 1 is 0.944 bits per heavy atom. The third-order valence-electron chi connectivity index (χ3n) is 6.68. The summed E-state index contributed by atoms with van der Waals surface area (Å²) >= 11 is 0. The van der Waals surface area contributed by atoms with Crippen LogP contribution in [0.15, 0.2) is 78.9 Å². The van der Waals surface area contributed by atoms with Crippen molar-refractivity contribution in [3.8, 4) is 16.9 Å². The first-order valence-electron chi connectivity index (χ1n) is 12.3. The molecule has 7 heteroatoms. The number of benzene rings is 3. The van der Waals surface area contributed by atoms with Crippen molar-refractivity contribution in [3.63, 3.8) is 0 Å². The SMILES string of the molecule is COc1cccc(C(=O)N[C@H](C)c2nnc3n2CCN(Cc2ccc(-c4ccccc4)cc2)CC3)c1. The van der Waals surface area contributed by atoms with E-state index in [-0.39, 0.29) is 11.9 Å². The molecule has 1 aromatic heterocycles. The van der Waals surface area contributed by atoms with Gasteiger partial charge in [0.1, 0.15) is 11.6 Å². The zero-order valence-electron chi connectivity index (χ0n) is 20.7. The highest BCUT2D eigenvalue weighted by Crippen LogP contribution is 2.21. The number of amides is 1. The van der Waals surface area contributed by atoms with Gasteiger partial charge < -0.3 is 14.6 Å². The fraction of sp³-hybridized carbons (Fsp3) is 0.276. The van der Waals surface area contributed by atoms with Crippen molar-refractivity contribution in [3.05, 3.63) is 102 Å². The molecular weight excluding hydrogens is 450 g/mol. The molecule has 0 aliphatic carbocycles. The zero-order valence-corrected chi connectivity index (χ0v) is 20.7. The van der Waals surface area contributed by atoms with Crippen LogP contribution in [-0.2, 0) is 19.5 Å². The molecule has 1 N–H and O–H groups in total. The molecule has 1 amide bonds. The highest BCUT2D eigenvalue weighted by molar-refractivity contribution is 5.94. The van der Waals surface area contributed by atoms with Gasteiger partial charge in [-0.15, -0.1) is 10.2 Å². The second kappa shape index (κ2) is 10.7. The first kappa shape index (κ1) is 23.8. The molecule has 0 bridgehead atoms. The van der Waals surface area contributed by atoms with Gasteiger partial charge in [0.05, 0.1) is 13.2 Å². The van der Waals surface area contributed by atoms with Gasteiger partial charge in [-0.1, -0.05) is 60.7 Å². The van der Waals surface area contributed by atoms with E-state index in [0.29, 0.717) is 11.3 Å². The Bertz CT molecular complexity index is 1320. The van der Waals surface area contributed by atoms with Gasteiger partial charge in [0.25, 0.3) is 5.91 Å². The maximum absolute atomic E-state index is 12.8. The van der Waals surface area contributed by atoms with Crippen LogP contribution in [0.1, 0.15) is 40.5 Å². The standard InChI is InChI=1S/C29H31N5O2/c1-21(30-29(35)25-9-6-10-26(19-25)36-2)28-32-31-27-15-16-33(17-18-34(27)28)20-22-11-13-24(14-12-22)23-7-4-3-5-8-23/h3-14,19,21H,15-18,20H2,1-2H3,(H,30,35)/t21-/m1/s1. The van der Waals surface area contributed by atoms with Gasteiger partial charge in [-0.05, 0) is 41.8 Å². The van der Waals surface area contributed by atoms with Crippen LogP contribution in [0.25, 0.3) is 11.1 Å². The predicted octanol–water partition coefficient (Wildman–Crippen LogP) is 4.50. The smallest absolute Gasteiger partial charge is 0.251 e. The molecule has 0 unspecified atom stereocenters. The van der Waals surface area contributed by atoms with E-state index in [1.807, 2.05) is 25.1 Å². The summed E-state index contributed by atoms with van der Waals surface area (Å²) in [6.07, 6.45) is 0.825. The predicted molar refractivity (Wildman–Crippen MR) is 140 cm³/mol. The van der Waals surface area contributed by atoms with E-state index in [1.54, 1.807) is 19.2 Å². The Kier molecular flexibility index (Phi) is 7.09. The molecule has 4 aromatic rings. The lowest BCUT2D eigenvalue weighted by Crippen LogP contribution is -2.30. The molecule has 2 heterocycles. The number of methoxy groups -OCH3 is 1. The lowest BCUT2D eigenvalue weighted by Gasteiger charge is -2.20. The van der Waals surface area contributed by atoms with Gasteiger partial charge in [-0.2, -0.15) is 0 Å². The lowest BCUT2D eigenvalue weighted by molar-refractivity contribution is 0.0937. The second-order valence-corrected chi connectivity index (χ2v) is 9.14. The molecule has 0 radical (unpaired) electrons. The van der Waals surface area contributed by atoms with Crippen LogP contribution in [0.3, 0.4) is 0 Å². The van der Waals surface area contributed by atoms with Crippen LogP contribution >= 0.6 is 0 Å². The molecule has 36 heavy (non-hydrogen) atoms. The minimum absolute atomic E-state index is 0.159. The van der Waals surface area contributed by atoms with E-state index in [4.69, 9.17) is 4.74 Å². The number of rotatable bonds is 7. The van der Waals surface area contributed by atoms with E-state index in [9.17, 15) is 4.79 Å². The molecule has 1 aliphatic rings. The van der Waals surface area contributed by atoms with Crippen molar-refractivity contribution in [2.24, 2.45) is 0 Å². The van der Waals surface area contributed by atoms with Crippen LogP contribution in [0.4, 0.5) is 0 Å². The number of hydrogen-bond acceptors (Lipinski definition) is 5. The summed E-state index contributed by atoms with van der Waals surface area (Å²) in [5, 5.41) is 11.9. The Morgan fingerprint density at radius 3 is 2.50 bits per heavy atom. The summed E-state index contributed by atoms with van der Waals surface area (Å²) in [6, 6.07) is 26.2. The summed E-state index contributed by atoms with van der Waals surface area (Å²) in [6.45, 7) is 5.45. The largest absolute Gasteiger partial charge is 0.497 e. The van der Waals surface area contributed by atoms with Gasteiger partial charge in [-0.25, -0.2) is 0 Å². The van der Waals surface area contributed by atoms with E-state index < -0.39 is 0 Å². The summed E-state index contributed by atoms with van der Waals surface area (Å²) in [5.41, 5.74) is 4.32. The van der Waals surface area contributed by atoms with Crippen molar-refractivity contribution in [1.82, 2.24) is 25.0 Å². The van der Waals surface area contributed by atoms with Crippen molar-refractivity contribution >= 4 is 5.91 Å². The zero-order chi connectivity index (χ0) is 24.9. The minimum Gasteiger partial charge on any atom is -0.497 e. The van der Waals surface area contributed by atoms with E-state index >= 15 is 0 Å². The van der Waals surface area contributed by atoms with Gasteiger partial charge in [-0.3, -0.25) is 9.69 Å². The van der Waals surface area contributed by atoms with Gasteiger partial charge in [0.15, 0.2) is 5.82 Å². The topological polar surface area (TPSA) is 72.3 Å². The monoisotopic (exact) mass is 481 g/mol. The number of fused-ring (bicyclic) bond motifs is 1. The molecular formula is C29H31N5O2. The van der Waals surface area contributed by atoms with E-state index in [1.165, 1.54) is 16.7 Å². The normalized spacial score (nSPS) is 14.5. The lowest BCUT2D eigenvalue weighted by atomic mass is 10.0. The maximum atomic E-state index is 12.8. The molecule has 0 saturated carbocycles. The number of nitrogens with one attached hydrogen (secondary N) is 1. The molecule has 0 spiro atoms. The van der Waals surface area contributed by atoms with Gasteiger partial charge in [0, 0.05) is 38.2 Å². The molecule has 184 valence electrons. The van der Waals surface area contributed by atoms with E-state index in [0.717, 1.165) is 44.2 Å². The molecule has 0 saturated heterocycles. The molecule has 1 atom stereocenters. The summed E-state index contributed by atoms with van der Waals surface area (Å²) < 4.78 is 7.40. The van der Waals surface area contributed by atoms with Gasteiger partial charge >= 0.3 is 0 Å². The molecule has 3 aromatic carbocycles. The highest BCUT2D eigenvalue weighted by atomic mass is 16.5. The maximum Gasteiger partial charge on any atom is 0.251 e. The first-order chi connectivity index (χ1) is 17.6. The number of nitrogens with zero attached hydrogens (tertiary/aromatic N) is 4. The molecule has 7 nitrogen and oxygen atoms in total. The molecule has 5 rings (SSSR count). The van der Waals surface area contributed by atoms with Crippen molar-refractivity contribution < 1.29 is 9.53 Å². The quantitative estimate of drug-likeness (QED) is 0.421. The number of carbonyl (C=O) groups excluding carboxylic acids is 1. The summed E-state index contributed by atoms with van der Waals surface area (Å²) in [5.74, 6) is 2.25. The average Bonchev–Trinajstić information content (AvgIpc) is 3.23. The average molecular weight is 482 g/mol. The number of ether oxygens (including phenoxy) is 1. The third kappa shape index (κ3) is 5.31. The van der Waals surface area contributed by atoms with Crippen molar-refractivity contribution in [2.75, 3.05) is 20.2 Å². The summed E-state index contributed by atoms with van der Waals surface area (Å²) in [7, 11) is 1.59. The third-order valence-corrected chi connectivity index (χ3v) is 6.68. The molecule has 0 fully saturated rings. The van der Waals surface area contributed by atoms with Gasteiger partial charge in [0.2, 0.25) is 0 Å². The van der Waals surface area contributed by atoms with Crippen LogP contribution in [-0.4, -0.2) is 45.8 Å². The Balaban J connectivity index is 1.21. The Labute approximate surface area is 211 Å².